The van der Waals surface area contributed by atoms with Crippen molar-refractivity contribution in [1.82, 2.24) is 5.16 Å². The molecule has 3 nitrogen and oxygen atoms in total. The Hall–Kier alpha value is -0.990. The lowest BCUT2D eigenvalue weighted by Gasteiger charge is -2.17. The van der Waals surface area contributed by atoms with Gasteiger partial charge in [0.25, 0.3) is 0 Å². The molecular formula is C12H20N2O. The number of nitrogen functional groups attached to an aromatic ring is 1. The number of anilines is 1. The predicted octanol–water partition coefficient (Wildman–Crippen LogP) is 3.39. The van der Waals surface area contributed by atoms with E-state index in [1.54, 1.807) is 0 Å². The van der Waals surface area contributed by atoms with Crippen LogP contribution in [-0.2, 0) is 0 Å². The predicted molar refractivity (Wildman–Crippen MR) is 60.7 cm³/mol. The van der Waals surface area contributed by atoms with Crippen LogP contribution in [-0.4, -0.2) is 5.16 Å². The molecule has 84 valence electrons. The van der Waals surface area contributed by atoms with Crippen LogP contribution >= 0.6 is 0 Å². The topological polar surface area (TPSA) is 52.0 Å². The molecule has 0 bridgehead atoms. The highest BCUT2D eigenvalue weighted by molar-refractivity contribution is 5.40. The van der Waals surface area contributed by atoms with Gasteiger partial charge in [0.2, 0.25) is 0 Å². The molecule has 0 spiro atoms. The zero-order valence-corrected chi connectivity index (χ0v) is 9.46. The van der Waals surface area contributed by atoms with E-state index in [1.807, 2.05) is 6.92 Å². The first kappa shape index (κ1) is 10.5. The summed E-state index contributed by atoms with van der Waals surface area (Å²) in [5.74, 6) is 2.15. The van der Waals surface area contributed by atoms with Gasteiger partial charge in [-0.1, -0.05) is 37.3 Å². The molecule has 0 unspecified atom stereocenters. The van der Waals surface area contributed by atoms with Crippen LogP contribution in [0.1, 0.15) is 62.2 Å². The Morgan fingerprint density at radius 3 is 2.27 bits per heavy atom. The number of aromatic nitrogens is 1. The van der Waals surface area contributed by atoms with Crippen molar-refractivity contribution in [2.24, 2.45) is 0 Å². The maximum Gasteiger partial charge on any atom is 0.170 e. The molecule has 1 aromatic rings. The second-order valence-corrected chi connectivity index (χ2v) is 4.60. The number of rotatable bonds is 1. The molecule has 0 aliphatic heterocycles. The summed E-state index contributed by atoms with van der Waals surface area (Å²) in [6.45, 7) is 2.01. The summed E-state index contributed by atoms with van der Waals surface area (Å²) in [5.41, 5.74) is 6.77. The highest BCUT2D eigenvalue weighted by Gasteiger charge is 2.21. The van der Waals surface area contributed by atoms with Crippen molar-refractivity contribution in [3.63, 3.8) is 0 Å². The van der Waals surface area contributed by atoms with Gasteiger partial charge in [-0.3, -0.25) is 0 Å². The minimum atomic E-state index is 0.551. The Bertz CT molecular complexity index is 311. The van der Waals surface area contributed by atoms with Crippen molar-refractivity contribution in [1.29, 1.82) is 0 Å². The van der Waals surface area contributed by atoms with Crippen LogP contribution in [0.4, 0.5) is 5.82 Å². The van der Waals surface area contributed by atoms with E-state index < -0.39 is 0 Å². The highest BCUT2D eigenvalue weighted by atomic mass is 16.5. The third kappa shape index (κ3) is 2.33. The van der Waals surface area contributed by atoms with Crippen LogP contribution in [0.5, 0.6) is 0 Å². The summed E-state index contributed by atoms with van der Waals surface area (Å²) in [6, 6.07) is 0. The molecule has 15 heavy (non-hydrogen) atoms. The minimum absolute atomic E-state index is 0.551. The van der Waals surface area contributed by atoms with E-state index in [2.05, 4.69) is 5.16 Å². The van der Waals surface area contributed by atoms with Gasteiger partial charge < -0.3 is 10.3 Å². The standard InChI is InChI=1S/C12H20N2O/c1-9-11(15-14-12(9)13)10-7-5-3-2-4-6-8-10/h10H,2-8H2,1H3,(H2,13,14). The first-order chi connectivity index (χ1) is 7.29. The molecule has 1 aliphatic rings. The molecule has 2 rings (SSSR count). The van der Waals surface area contributed by atoms with E-state index in [1.165, 1.54) is 44.9 Å². The van der Waals surface area contributed by atoms with Crippen LogP contribution < -0.4 is 5.73 Å². The summed E-state index contributed by atoms with van der Waals surface area (Å²) in [7, 11) is 0. The first-order valence-electron chi connectivity index (χ1n) is 6.00. The van der Waals surface area contributed by atoms with E-state index in [9.17, 15) is 0 Å². The fraction of sp³-hybridized carbons (Fsp3) is 0.750. The molecule has 2 N–H and O–H groups in total. The van der Waals surface area contributed by atoms with Gasteiger partial charge in [0.1, 0.15) is 5.76 Å². The maximum absolute atomic E-state index is 5.71. The second kappa shape index (κ2) is 4.69. The Morgan fingerprint density at radius 1 is 1.13 bits per heavy atom. The Labute approximate surface area is 91.0 Å². The van der Waals surface area contributed by atoms with Crippen LogP contribution in [0, 0.1) is 6.92 Å². The smallest absolute Gasteiger partial charge is 0.170 e. The Balaban J connectivity index is 2.10. The number of nitrogens with zero attached hydrogens (tertiary/aromatic N) is 1. The van der Waals surface area contributed by atoms with Crippen molar-refractivity contribution < 1.29 is 4.52 Å². The van der Waals surface area contributed by atoms with Crippen LogP contribution in [0.15, 0.2) is 4.52 Å². The molecule has 1 aliphatic carbocycles. The molecular weight excluding hydrogens is 188 g/mol. The largest absolute Gasteiger partial charge is 0.381 e. The van der Waals surface area contributed by atoms with E-state index in [0.717, 1.165) is 11.3 Å². The third-order valence-corrected chi connectivity index (χ3v) is 3.47. The second-order valence-electron chi connectivity index (χ2n) is 4.60. The van der Waals surface area contributed by atoms with Gasteiger partial charge in [-0.25, -0.2) is 0 Å². The van der Waals surface area contributed by atoms with Crippen molar-refractivity contribution in [3.05, 3.63) is 11.3 Å². The summed E-state index contributed by atoms with van der Waals surface area (Å²) in [4.78, 5) is 0. The van der Waals surface area contributed by atoms with Crippen molar-refractivity contribution in [2.75, 3.05) is 5.73 Å². The minimum Gasteiger partial charge on any atom is -0.381 e. The van der Waals surface area contributed by atoms with Crippen molar-refractivity contribution >= 4 is 5.82 Å². The monoisotopic (exact) mass is 208 g/mol. The number of hydrogen-bond acceptors (Lipinski definition) is 3. The number of hydrogen-bond donors (Lipinski definition) is 1. The molecule has 0 amide bonds. The van der Waals surface area contributed by atoms with Crippen LogP contribution in [0.2, 0.25) is 0 Å². The Morgan fingerprint density at radius 2 is 1.73 bits per heavy atom. The lowest BCUT2D eigenvalue weighted by Crippen LogP contribution is -2.03. The normalized spacial score (nSPS) is 19.8. The zero-order valence-electron chi connectivity index (χ0n) is 9.46. The molecule has 0 aromatic carbocycles. The summed E-state index contributed by atoms with van der Waals surface area (Å²) in [5, 5.41) is 3.85. The van der Waals surface area contributed by atoms with Crippen molar-refractivity contribution in [3.8, 4) is 0 Å². The van der Waals surface area contributed by atoms with Crippen LogP contribution in [0.25, 0.3) is 0 Å². The quantitative estimate of drug-likeness (QED) is 0.769. The number of nitrogens with two attached hydrogens (primary N) is 1. The van der Waals surface area contributed by atoms with Gasteiger partial charge in [0.15, 0.2) is 5.82 Å². The summed E-state index contributed by atoms with van der Waals surface area (Å²) in [6.07, 6.45) is 9.20. The van der Waals surface area contributed by atoms with E-state index >= 15 is 0 Å². The first-order valence-corrected chi connectivity index (χ1v) is 6.00. The SMILES string of the molecule is Cc1c(N)noc1C1CCCCCCC1. The van der Waals surface area contributed by atoms with E-state index in [0.29, 0.717) is 11.7 Å². The molecule has 0 saturated heterocycles. The van der Waals surface area contributed by atoms with Gasteiger partial charge in [-0.15, -0.1) is 0 Å². The molecule has 0 atom stereocenters. The van der Waals surface area contributed by atoms with E-state index in [4.69, 9.17) is 10.3 Å². The van der Waals surface area contributed by atoms with Gasteiger partial charge >= 0.3 is 0 Å². The average Bonchev–Trinajstić information content (AvgIpc) is 2.48. The highest BCUT2D eigenvalue weighted by Crippen LogP contribution is 2.33. The van der Waals surface area contributed by atoms with E-state index in [-0.39, 0.29) is 0 Å². The molecule has 3 heteroatoms. The average molecular weight is 208 g/mol. The van der Waals surface area contributed by atoms with Gasteiger partial charge in [-0.05, 0) is 19.8 Å². The summed E-state index contributed by atoms with van der Waals surface area (Å²) < 4.78 is 5.36. The lowest BCUT2D eigenvalue weighted by molar-refractivity contribution is 0.330. The molecule has 1 fully saturated rings. The third-order valence-electron chi connectivity index (χ3n) is 3.47. The fourth-order valence-electron chi connectivity index (χ4n) is 2.46. The lowest BCUT2D eigenvalue weighted by atomic mass is 9.88. The van der Waals surface area contributed by atoms with Gasteiger partial charge in [0.05, 0.1) is 0 Å². The fourth-order valence-corrected chi connectivity index (χ4v) is 2.46. The van der Waals surface area contributed by atoms with Gasteiger partial charge in [-0.2, -0.15) is 0 Å². The van der Waals surface area contributed by atoms with Gasteiger partial charge in [0, 0.05) is 11.5 Å². The summed E-state index contributed by atoms with van der Waals surface area (Å²) >= 11 is 0. The zero-order chi connectivity index (χ0) is 10.7. The Kier molecular flexibility index (Phi) is 3.29. The maximum atomic E-state index is 5.71. The van der Waals surface area contributed by atoms with Crippen LogP contribution in [0.3, 0.4) is 0 Å². The molecule has 1 saturated carbocycles. The molecule has 1 aromatic heterocycles. The molecule has 1 heterocycles. The molecule has 0 radical (unpaired) electrons. The van der Waals surface area contributed by atoms with Crippen molar-refractivity contribution in [2.45, 2.75) is 57.8 Å².